The molecule has 0 aromatic carbocycles. The molecule has 0 aromatic rings. The van der Waals surface area contributed by atoms with Gasteiger partial charge < -0.3 is 5.32 Å². The van der Waals surface area contributed by atoms with E-state index < -0.39 is 0 Å². The number of nitrogens with zero attached hydrogens (tertiary/aromatic N) is 1. The average molecular weight is 180 g/mol. The Labute approximate surface area is 80.7 Å². The summed E-state index contributed by atoms with van der Waals surface area (Å²) in [5.74, 6) is 1.07. The zero-order chi connectivity index (χ0) is 8.67. The average Bonchev–Trinajstić information content (AvgIpc) is 2.81. The van der Waals surface area contributed by atoms with Crippen molar-refractivity contribution in [2.45, 2.75) is 44.2 Å². The van der Waals surface area contributed by atoms with E-state index in [9.17, 15) is 0 Å². The van der Waals surface area contributed by atoms with E-state index in [1.807, 2.05) is 0 Å². The fourth-order valence-corrected chi connectivity index (χ4v) is 2.98. The van der Waals surface area contributed by atoms with Crippen LogP contribution in [0.5, 0.6) is 0 Å². The molecule has 1 saturated carbocycles. The minimum atomic E-state index is 0.882. The van der Waals surface area contributed by atoms with Gasteiger partial charge >= 0.3 is 0 Å². The molecule has 0 spiro atoms. The molecule has 1 aliphatic carbocycles. The molecule has 2 saturated heterocycles. The van der Waals surface area contributed by atoms with Gasteiger partial charge in [0.25, 0.3) is 0 Å². The smallest absolute Gasteiger partial charge is 0.0224 e. The van der Waals surface area contributed by atoms with Crippen LogP contribution in [0.1, 0.15) is 32.1 Å². The third-order valence-electron chi connectivity index (χ3n) is 3.97. The molecule has 0 unspecified atom stereocenters. The monoisotopic (exact) mass is 180 g/mol. The molecule has 1 N–H and O–H groups in total. The van der Waals surface area contributed by atoms with Gasteiger partial charge in [-0.25, -0.2) is 0 Å². The Kier molecular flexibility index (Phi) is 2.06. The van der Waals surface area contributed by atoms with Gasteiger partial charge in [-0.2, -0.15) is 0 Å². The first-order chi connectivity index (χ1) is 6.43. The first-order valence-electron chi connectivity index (χ1n) is 5.90. The molecule has 3 fully saturated rings. The van der Waals surface area contributed by atoms with Crippen LogP contribution in [0.2, 0.25) is 0 Å². The summed E-state index contributed by atoms with van der Waals surface area (Å²) in [6.07, 6.45) is 7.32. The van der Waals surface area contributed by atoms with Crippen LogP contribution in [0, 0.1) is 5.92 Å². The first-order valence-corrected chi connectivity index (χ1v) is 5.90. The van der Waals surface area contributed by atoms with Gasteiger partial charge in [0, 0.05) is 25.2 Å². The quantitative estimate of drug-likeness (QED) is 0.687. The fourth-order valence-electron chi connectivity index (χ4n) is 2.98. The van der Waals surface area contributed by atoms with Gasteiger partial charge in [0.05, 0.1) is 0 Å². The summed E-state index contributed by atoms with van der Waals surface area (Å²) in [5, 5.41) is 3.56. The summed E-state index contributed by atoms with van der Waals surface area (Å²) >= 11 is 0. The van der Waals surface area contributed by atoms with Crippen LogP contribution in [0.15, 0.2) is 0 Å². The van der Waals surface area contributed by atoms with Gasteiger partial charge in [-0.1, -0.05) is 0 Å². The predicted octanol–water partition coefficient (Wildman–Crippen LogP) is 1.22. The highest BCUT2D eigenvalue weighted by molar-refractivity contribution is 4.94. The third-order valence-corrected chi connectivity index (χ3v) is 3.97. The molecule has 2 heteroatoms. The van der Waals surface area contributed by atoms with Gasteiger partial charge in [-0.15, -0.1) is 0 Å². The molecule has 0 amide bonds. The minimum absolute atomic E-state index is 0.882. The van der Waals surface area contributed by atoms with E-state index in [4.69, 9.17) is 0 Å². The van der Waals surface area contributed by atoms with Crippen molar-refractivity contribution >= 4 is 0 Å². The molecule has 2 heterocycles. The standard InChI is InChI=1S/C11H20N2/c1-2-9(1)8-13-10-3-4-11(13)7-12-6-5-10/h9-12H,1-8H2/t10-,11-/m1/s1. The number of hydrogen-bond donors (Lipinski definition) is 1. The molecular weight excluding hydrogens is 160 g/mol. The summed E-state index contributed by atoms with van der Waals surface area (Å²) in [7, 11) is 0. The van der Waals surface area contributed by atoms with Crippen molar-refractivity contribution < 1.29 is 0 Å². The number of nitrogens with one attached hydrogen (secondary N) is 1. The van der Waals surface area contributed by atoms with E-state index >= 15 is 0 Å². The summed E-state index contributed by atoms with van der Waals surface area (Å²) in [6.45, 7) is 3.92. The zero-order valence-corrected chi connectivity index (χ0v) is 8.34. The maximum Gasteiger partial charge on any atom is 0.0224 e. The normalized spacial score (nSPS) is 40.6. The van der Waals surface area contributed by atoms with Crippen molar-refractivity contribution in [2.75, 3.05) is 19.6 Å². The van der Waals surface area contributed by atoms with Crippen molar-refractivity contribution in [2.24, 2.45) is 5.92 Å². The van der Waals surface area contributed by atoms with Crippen molar-refractivity contribution in [3.05, 3.63) is 0 Å². The maximum atomic E-state index is 3.56. The van der Waals surface area contributed by atoms with Crippen LogP contribution >= 0.6 is 0 Å². The molecule has 3 rings (SSSR count). The van der Waals surface area contributed by atoms with Crippen LogP contribution in [0.25, 0.3) is 0 Å². The van der Waals surface area contributed by atoms with Crippen LogP contribution in [-0.4, -0.2) is 36.6 Å². The van der Waals surface area contributed by atoms with Crippen molar-refractivity contribution in [1.82, 2.24) is 10.2 Å². The largest absolute Gasteiger partial charge is 0.315 e. The summed E-state index contributed by atoms with van der Waals surface area (Å²) in [4.78, 5) is 2.82. The lowest BCUT2D eigenvalue weighted by Crippen LogP contribution is -2.39. The summed E-state index contributed by atoms with van der Waals surface area (Å²) in [6, 6.07) is 1.81. The topological polar surface area (TPSA) is 15.3 Å². The van der Waals surface area contributed by atoms with E-state index in [-0.39, 0.29) is 0 Å². The second kappa shape index (κ2) is 3.25. The second-order valence-corrected chi connectivity index (χ2v) is 5.02. The SMILES string of the molecule is C1C[C@H]2CC[C@H](CN1)N2CC1CC1. The van der Waals surface area contributed by atoms with Crippen LogP contribution in [-0.2, 0) is 0 Å². The number of fused-ring (bicyclic) bond motifs is 2. The van der Waals surface area contributed by atoms with Crippen LogP contribution in [0.3, 0.4) is 0 Å². The first kappa shape index (κ1) is 8.25. The highest BCUT2D eigenvalue weighted by atomic mass is 15.2. The molecule has 0 aromatic heterocycles. The maximum absolute atomic E-state index is 3.56. The lowest BCUT2D eigenvalue weighted by atomic mass is 10.1. The summed E-state index contributed by atoms with van der Waals surface area (Å²) < 4.78 is 0. The molecule has 0 radical (unpaired) electrons. The summed E-state index contributed by atoms with van der Waals surface area (Å²) in [5.41, 5.74) is 0. The highest BCUT2D eigenvalue weighted by Gasteiger charge is 2.37. The lowest BCUT2D eigenvalue weighted by molar-refractivity contribution is 0.194. The molecular formula is C11H20N2. The Hall–Kier alpha value is -0.0800. The van der Waals surface area contributed by atoms with E-state index in [0.717, 1.165) is 18.0 Å². The second-order valence-electron chi connectivity index (χ2n) is 5.02. The Balaban J connectivity index is 1.68. The number of hydrogen-bond acceptors (Lipinski definition) is 2. The van der Waals surface area contributed by atoms with E-state index in [1.165, 1.54) is 51.7 Å². The van der Waals surface area contributed by atoms with Gasteiger partial charge in [0.2, 0.25) is 0 Å². The fraction of sp³-hybridized carbons (Fsp3) is 1.00. The molecule has 3 aliphatic rings. The third kappa shape index (κ3) is 1.62. The highest BCUT2D eigenvalue weighted by Crippen LogP contribution is 2.35. The van der Waals surface area contributed by atoms with Crippen LogP contribution in [0.4, 0.5) is 0 Å². The van der Waals surface area contributed by atoms with E-state index in [0.29, 0.717) is 0 Å². The molecule has 13 heavy (non-hydrogen) atoms. The minimum Gasteiger partial charge on any atom is -0.315 e. The Morgan fingerprint density at radius 3 is 2.69 bits per heavy atom. The van der Waals surface area contributed by atoms with E-state index in [1.54, 1.807) is 0 Å². The zero-order valence-electron chi connectivity index (χ0n) is 8.34. The Morgan fingerprint density at radius 1 is 1.00 bits per heavy atom. The van der Waals surface area contributed by atoms with Crippen molar-refractivity contribution in [3.8, 4) is 0 Å². The van der Waals surface area contributed by atoms with Gasteiger partial charge in [-0.05, 0) is 44.6 Å². The Morgan fingerprint density at radius 2 is 1.85 bits per heavy atom. The van der Waals surface area contributed by atoms with Gasteiger partial charge in [-0.3, -0.25) is 4.90 Å². The van der Waals surface area contributed by atoms with Gasteiger partial charge in [0.15, 0.2) is 0 Å². The molecule has 2 atom stereocenters. The molecule has 74 valence electrons. The van der Waals surface area contributed by atoms with Gasteiger partial charge in [0.1, 0.15) is 0 Å². The predicted molar refractivity (Wildman–Crippen MR) is 53.7 cm³/mol. The molecule has 2 bridgehead atoms. The Bertz CT molecular complexity index is 175. The van der Waals surface area contributed by atoms with E-state index in [2.05, 4.69) is 10.2 Å². The van der Waals surface area contributed by atoms with Crippen LogP contribution < -0.4 is 5.32 Å². The lowest BCUT2D eigenvalue weighted by Gasteiger charge is -2.27. The molecule has 2 nitrogen and oxygen atoms in total. The molecule has 2 aliphatic heterocycles. The van der Waals surface area contributed by atoms with Crippen molar-refractivity contribution in [1.29, 1.82) is 0 Å². The number of rotatable bonds is 2. The van der Waals surface area contributed by atoms with Crippen molar-refractivity contribution in [3.63, 3.8) is 0 Å².